The van der Waals surface area contributed by atoms with Crippen LogP contribution >= 0.6 is 11.6 Å². The molecule has 0 radical (unpaired) electrons. The maximum absolute atomic E-state index is 5.87. The zero-order valence-electron chi connectivity index (χ0n) is 9.41. The van der Waals surface area contributed by atoms with E-state index < -0.39 is 0 Å². The third-order valence-electron chi connectivity index (χ3n) is 3.17. The average molecular weight is 248 g/mol. The van der Waals surface area contributed by atoms with Crippen LogP contribution in [0.15, 0.2) is 30.3 Å². The van der Waals surface area contributed by atoms with E-state index in [4.69, 9.17) is 11.6 Å². The highest BCUT2D eigenvalue weighted by molar-refractivity contribution is 6.30. The molecule has 1 aromatic carbocycles. The lowest BCUT2D eigenvalue weighted by Crippen LogP contribution is -2.12. The molecule has 1 aliphatic heterocycles. The van der Waals surface area contributed by atoms with Crippen LogP contribution in [0.4, 0.5) is 0 Å². The van der Waals surface area contributed by atoms with Crippen molar-refractivity contribution >= 4 is 11.6 Å². The summed E-state index contributed by atoms with van der Waals surface area (Å²) in [5, 5.41) is 11.7. The van der Waals surface area contributed by atoms with Crippen LogP contribution in [-0.4, -0.2) is 16.7 Å². The Morgan fingerprint density at radius 1 is 1.24 bits per heavy atom. The summed E-state index contributed by atoms with van der Waals surface area (Å²) >= 11 is 5.87. The second kappa shape index (κ2) is 4.51. The lowest BCUT2D eigenvalue weighted by molar-refractivity contribution is 0.625. The number of nitrogens with zero attached hydrogens (tertiary/aromatic N) is 1. The number of aromatic amines is 1. The third-order valence-corrected chi connectivity index (χ3v) is 3.43. The molecule has 1 saturated heterocycles. The van der Waals surface area contributed by atoms with Crippen LogP contribution in [0, 0.1) is 0 Å². The van der Waals surface area contributed by atoms with Crippen molar-refractivity contribution in [3.63, 3.8) is 0 Å². The van der Waals surface area contributed by atoms with Gasteiger partial charge in [0.1, 0.15) is 0 Å². The Labute approximate surface area is 105 Å². The lowest BCUT2D eigenvalue weighted by Gasteiger charge is -2.05. The van der Waals surface area contributed by atoms with Crippen molar-refractivity contribution in [3.05, 3.63) is 41.0 Å². The fourth-order valence-electron chi connectivity index (χ4n) is 2.23. The van der Waals surface area contributed by atoms with Crippen molar-refractivity contribution in [1.82, 2.24) is 15.5 Å². The molecule has 2 N–H and O–H groups in total. The van der Waals surface area contributed by atoms with E-state index in [2.05, 4.69) is 21.6 Å². The van der Waals surface area contributed by atoms with E-state index in [9.17, 15) is 0 Å². The van der Waals surface area contributed by atoms with Crippen molar-refractivity contribution in [2.75, 3.05) is 6.54 Å². The van der Waals surface area contributed by atoms with Crippen molar-refractivity contribution in [1.29, 1.82) is 0 Å². The predicted octanol–water partition coefficient (Wildman–Crippen LogP) is 3.15. The molecule has 1 aromatic heterocycles. The largest absolute Gasteiger partial charge is 0.309 e. The van der Waals surface area contributed by atoms with E-state index in [1.165, 1.54) is 18.5 Å². The Morgan fingerprint density at radius 2 is 2.06 bits per heavy atom. The topological polar surface area (TPSA) is 40.7 Å². The van der Waals surface area contributed by atoms with Gasteiger partial charge in [-0.2, -0.15) is 5.10 Å². The molecule has 0 amide bonds. The van der Waals surface area contributed by atoms with Gasteiger partial charge in [0.25, 0.3) is 0 Å². The van der Waals surface area contributed by atoms with Crippen molar-refractivity contribution in [2.24, 2.45) is 0 Å². The minimum absolute atomic E-state index is 0.434. The zero-order valence-corrected chi connectivity index (χ0v) is 10.2. The normalized spacial score (nSPS) is 19.7. The minimum Gasteiger partial charge on any atom is -0.309 e. The van der Waals surface area contributed by atoms with Crippen molar-refractivity contribution in [3.8, 4) is 11.3 Å². The quantitative estimate of drug-likeness (QED) is 0.856. The van der Waals surface area contributed by atoms with E-state index >= 15 is 0 Å². The van der Waals surface area contributed by atoms with Gasteiger partial charge in [-0.25, -0.2) is 0 Å². The number of benzene rings is 1. The Kier molecular flexibility index (Phi) is 2.87. The van der Waals surface area contributed by atoms with Gasteiger partial charge in [-0.05, 0) is 37.6 Å². The van der Waals surface area contributed by atoms with Crippen molar-refractivity contribution in [2.45, 2.75) is 18.9 Å². The van der Waals surface area contributed by atoms with Crippen molar-refractivity contribution < 1.29 is 0 Å². The molecule has 0 saturated carbocycles. The van der Waals surface area contributed by atoms with E-state index in [1.54, 1.807) is 0 Å². The first-order chi connectivity index (χ1) is 8.33. The number of hydrogen-bond acceptors (Lipinski definition) is 2. The summed E-state index contributed by atoms with van der Waals surface area (Å²) in [7, 11) is 0. The molecule has 3 rings (SSSR count). The number of H-pyrrole nitrogens is 1. The van der Waals surface area contributed by atoms with Gasteiger partial charge in [0.05, 0.1) is 11.4 Å². The molecule has 0 bridgehead atoms. The zero-order chi connectivity index (χ0) is 11.7. The summed E-state index contributed by atoms with van der Waals surface area (Å²) in [6.45, 7) is 1.10. The number of halogens is 1. The second-order valence-electron chi connectivity index (χ2n) is 4.36. The van der Waals surface area contributed by atoms with Gasteiger partial charge >= 0.3 is 0 Å². The fourth-order valence-corrected chi connectivity index (χ4v) is 2.36. The summed E-state index contributed by atoms with van der Waals surface area (Å²) in [6, 6.07) is 10.3. The molecule has 0 spiro atoms. The highest BCUT2D eigenvalue weighted by Gasteiger charge is 2.18. The third kappa shape index (κ3) is 2.21. The summed E-state index contributed by atoms with van der Waals surface area (Å²) in [5.74, 6) is 0. The Morgan fingerprint density at radius 3 is 2.76 bits per heavy atom. The Hall–Kier alpha value is -1.32. The molecule has 2 heterocycles. The second-order valence-corrected chi connectivity index (χ2v) is 4.80. The molecule has 4 heteroatoms. The first-order valence-electron chi connectivity index (χ1n) is 5.87. The molecule has 1 aliphatic rings. The number of hydrogen-bond donors (Lipinski definition) is 2. The van der Waals surface area contributed by atoms with Crippen LogP contribution in [0.5, 0.6) is 0 Å². The first kappa shape index (κ1) is 10.8. The highest BCUT2D eigenvalue weighted by atomic mass is 35.5. The molecule has 3 nitrogen and oxygen atoms in total. The van der Waals surface area contributed by atoms with Gasteiger partial charge in [0.2, 0.25) is 0 Å². The standard InChI is InChI=1S/C13H14ClN3/c14-10-5-3-9(4-6-10)12-8-13(17-16-12)11-2-1-7-15-11/h3-6,8,11,15H,1-2,7H2,(H,16,17). The molecule has 17 heavy (non-hydrogen) atoms. The lowest BCUT2D eigenvalue weighted by atomic mass is 10.1. The molecule has 0 aliphatic carbocycles. The van der Waals surface area contributed by atoms with Gasteiger partial charge in [0, 0.05) is 16.6 Å². The van der Waals surface area contributed by atoms with Crippen LogP contribution in [0.1, 0.15) is 24.6 Å². The fraction of sp³-hybridized carbons (Fsp3) is 0.308. The van der Waals surface area contributed by atoms with E-state index in [0.29, 0.717) is 6.04 Å². The Balaban J connectivity index is 1.86. The maximum Gasteiger partial charge on any atom is 0.0924 e. The molecule has 1 atom stereocenters. The number of aromatic nitrogens is 2. The molecule has 1 fully saturated rings. The number of nitrogens with one attached hydrogen (secondary N) is 2. The smallest absolute Gasteiger partial charge is 0.0924 e. The summed E-state index contributed by atoms with van der Waals surface area (Å²) in [6.07, 6.45) is 2.42. The molecule has 2 aromatic rings. The summed E-state index contributed by atoms with van der Waals surface area (Å²) in [4.78, 5) is 0. The summed E-state index contributed by atoms with van der Waals surface area (Å²) < 4.78 is 0. The molecular formula is C13H14ClN3. The van der Waals surface area contributed by atoms with Gasteiger partial charge in [-0.3, -0.25) is 5.10 Å². The van der Waals surface area contributed by atoms with Crippen LogP contribution in [0.25, 0.3) is 11.3 Å². The number of rotatable bonds is 2. The first-order valence-corrected chi connectivity index (χ1v) is 6.25. The summed E-state index contributed by atoms with van der Waals surface area (Å²) in [5.41, 5.74) is 3.24. The SMILES string of the molecule is Clc1ccc(-c2cc(C3CCCN3)[nH]n2)cc1. The highest BCUT2D eigenvalue weighted by Crippen LogP contribution is 2.26. The monoisotopic (exact) mass is 247 g/mol. The van der Waals surface area contributed by atoms with Gasteiger partial charge in [0.15, 0.2) is 0 Å². The van der Waals surface area contributed by atoms with Gasteiger partial charge < -0.3 is 5.32 Å². The van der Waals surface area contributed by atoms with Crippen LogP contribution in [-0.2, 0) is 0 Å². The van der Waals surface area contributed by atoms with E-state index in [1.807, 2.05) is 24.3 Å². The minimum atomic E-state index is 0.434. The maximum atomic E-state index is 5.87. The Bertz CT molecular complexity index is 498. The van der Waals surface area contributed by atoms with Crippen LogP contribution < -0.4 is 5.32 Å². The van der Waals surface area contributed by atoms with E-state index in [-0.39, 0.29) is 0 Å². The molecule has 1 unspecified atom stereocenters. The van der Waals surface area contributed by atoms with Gasteiger partial charge in [-0.15, -0.1) is 0 Å². The molecular weight excluding hydrogens is 234 g/mol. The molecule has 88 valence electrons. The van der Waals surface area contributed by atoms with E-state index in [0.717, 1.165) is 22.8 Å². The van der Waals surface area contributed by atoms with Gasteiger partial charge in [-0.1, -0.05) is 23.7 Å². The van der Waals surface area contributed by atoms with Crippen LogP contribution in [0.2, 0.25) is 5.02 Å². The average Bonchev–Trinajstić information content (AvgIpc) is 3.00. The predicted molar refractivity (Wildman–Crippen MR) is 69.0 cm³/mol. The van der Waals surface area contributed by atoms with Crippen LogP contribution in [0.3, 0.4) is 0 Å².